The van der Waals surface area contributed by atoms with E-state index in [9.17, 15) is 13.2 Å². The summed E-state index contributed by atoms with van der Waals surface area (Å²) in [5.41, 5.74) is 0. The van der Waals surface area contributed by atoms with Crippen LogP contribution < -0.4 is 0 Å². The molecule has 1 unspecified atom stereocenters. The van der Waals surface area contributed by atoms with Gasteiger partial charge in [-0.25, -0.2) is 8.42 Å². The molecule has 0 saturated heterocycles. The fourth-order valence-electron chi connectivity index (χ4n) is 0.818. The van der Waals surface area contributed by atoms with Gasteiger partial charge in [0.25, 0.3) is 0 Å². The Labute approximate surface area is 81.3 Å². The van der Waals surface area contributed by atoms with Gasteiger partial charge in [0.15, 0.2) is 9.84 Å². The van der Waals surface area contributed by atoms with E-state index in [2.05, 4.69) is 0 Å². The standard InChI is InChI=1S/C8H10O3S2/c1-6(9)7(2)13(10,11)8-4-3-5-12-8/h3-5,7H,1-2H3. The fraction of sp³-hybridized carbons (Fsp3) is 0.375. The van der Waals surface area contributed by atoms with Gasteiger partial charge in [0, 0.05) is 0 Å². The normalized spacial score (nSPS) is 14.0. The van der Waals surface area contributed by atoms with E-state index in [4.69, 9.17) is 0 Å². The molecule has 0 fully saturated rings. The molecule has 1 heterocycles. The van der Waals surface area contributed by atoms with Crippen LogP contribution in [0, 0.1) is 0 Å². The minimum absolute atomic E-state index is 0.259. The summed E-state index contributed by atoms with van der Waals surface area (Å²) in [4.78, 5) is 10.9. The van der Waals surface area contributed by atoms with Crippen LogP contribution in [0.1, 0.15) is 13.8 Å². The largest absolute Gasteiger partial charge is 0.299 e. The summed E-state index contributed by atoms with van der Waals surface area (Å²) in [7, 11) is -3.43. The Morgan fingerprint density at radius 3 is 2.54 bits per heavy atom. The van der Waals surface area contributed by atoms with E-state index in [1.165, 1.54) is 19.9 Å². The average molecular weight is 218 g/mol. The summed E-state index contributed by atoms with van der Waals surface area (Å²) < 4.78 is 23.5. The number of hydrogen-bond acceptors (Lipinski definition) is 4. The molecule has 0 aromatic carbocycles. The number of rotatable bonds is 3. The quantitative estimate of drug-likeness (QED) is 0.772. The molecule has 5 heteroatoms. The molecular formula is C8H10O3S2. The van der Waals surface area contributed by atoms with Crippen molar-refractivity contribution in [2.75, 3.05) is 0 Å². The molecule has 72 valence electrons. The molecule has 1 aromatic rings. The number of thiophene rings is 1. The molecule has 0 bridgehead atoms. The first-order chi connectivity index (χ1) is 5.96. The van der Waals surface area contributed by atoms with E-state index in [1.807, 2.05) is 0 Å². The van der Waals surface area contributed by atoms with Gasteiger partial charge in [0.2, 0.25) is 0 Å². The van der Waals surface area contributed by atoms with Crippen molar-refractivity contribution in [3.05, 3.63) is 17.5 Å². The van der Waals surface area contributed by atoms with E-state index in [0.29, 0.717) is 0 Å². The maximum absolute atomic E-state index is 11.6. The first-order valence-electron chi connectivity index (χ1n) is 3.74. The molecule has 0 aliphatic heterocycles. The van der Waals surface area contributed by atoms with Crippen molar-refractivity contribution in [1.29, 1.82) is 0 Å². The van der Waals surface area contributed by atoms with Crippen LogP contribution in [-0.2, 0) is 14.6 Å². The number of hydrogen-bond donors (Lipinski definition) is 0. The smallest absolute Gasteiger partial charge is 0.197 e. The predicted molar refractivity (Wildman–Crippen MR) is 51.6 cm³/mol. The minimum Gasteiger partial charge on any atom is -0.299 e. The molecule has 0 spiro atoms. The van der Waals surface area contributed by atoms with Gasteiger partial charge in [-0.1, -0.05) is 6.07 Å². The summed E-state index contributed by atoms with van der Waals surface area (Å²) in [5, 5.41) is 0.742. The van der Waals surface area contributed by atoms with E-state index < -0.39 is 15.1 Å². The first-order valence-corrected chi connectivity index (χ1v) is 6.16. The lowest BCUT2D eigenvalue weighted by molar-refractivity contribution is -0.116. The number of ketones is 1. The van der Waals surface area contributed by atoms with Crippen molar-refractivity contribution < 1.29 is 13.2 Å². The van der Waals surface area contributed by atoms with Gasteiger partial charge in [-0.2, -0.15) is 0 Å². The third-order valence-corrected chi connectivity index (χ3v) is 5.42. The second-order valence-corrected chi connectivity index (χ2v) is 6.17. The highest BCUT2D eigenvalue weighted by Crippen LogP contribution is 2.21. The van der Waals surface area contributed by atoms with Gasteiger partial charge in [-0.3, -0.25) is 4.79 Å². The summed E-state index contributed by atoms with van der Waals surface area (Å²) in [6.07, 6.45) is 0. The average Bonchev–Trinajstić information content (AvgIpc) is 2.54. The Hall–Kier alpha value is -0.680. The maximum atomic E-state index is 11.6. The summed E-state index contributed by atoms with van der Waals surface area (Å²) in [6, 6.07) is 3.17. The van der Waals surface area contributed by atoms with Gasteiger partial charge in [-0.15, -0.1) is 11.3 Å². The Bertz CT molecular complexity index is 389. The zero-order valence-electron chi connectivity index (χ0n) is 7.35. The van der Waals surface area contributed by atoms with Crippen molar-refractivity contribution in [3.63, 3.8) is 0 Å². The van der Waals surface area contributed by atoms with Crippen LogP contribution in [0.4, 0.5) is 0 Å². The lowest BCUT2D eigenvalue weighted by Crippen LogP contribution is -2.24. The number of carbonyl (C=O) groups excluding carboxylic acids is 1. The fourth-order valence-corrected chi connectivity index (χ4v) is 3.46. The molecular weight excluding hydrogens is 208 g/mol. The zero-order chi connectivity index (χ0) is 10.1. The monoisotopic (exact) mass is 218 g/mol. The maximum Gasteiger partial charge on any atom is 0.197 e. The van der Waals surface area contributed by atoms with Crippen molar-refractivity contribution in [1.82, 2.24) is 0 Å². The van der Waals surface area contributed by atoms with E-state index >= 15 is 0 Å². The molecule has 1 atom stereocenters. The van der Waals surface area contributed by atoms with Crippen LogP contribution in [0.5, 0.6) is 0 Å². The predicted octanol–water partition coefficient (Wildman–Crippen LogP) is 1.50. The number of carbonyl (C=O) groups is 1. The Morgan fingerprint density at radius 2 is 2.15 bits per heavy atom. The third kappa shape index (κ3) is 1.97. The van der Waals surface area contributed by atoms with Crippen molar-refractivity contribution >= 4 is 27.0 Å². The second kappa shape index (κ2) is 3.59. The lowest BCUT2D eigenvalue weighted by atomic mass is 10.3. The van der Waals surface area contributed by atoms with Crippen LogP contribution in [0.25, 0.3) is 0 Å². The molecule has 13 heavy (non-hydrogen) atoms. The molecule has 0 N–H and O–H groups in total. The zero-order valence-corrected chi connectivity index (χ0v) is 8.98. The third-order valence-electron chi connectivity index (χ3n) is 1.81. The van der Waals surface area contributed by atoms with E-state index in [0.717, 1.165) is 11.3 Å². The highest BCUT2D eigenvalue weighted by molar-refractivity contribution is 7.94. The summed E-state index contributed by atoms with van der Waals surface area (Å²) >= 11 is 1.14. The molecule has 0 saturated carbocycles. The van der Waals surface area contributed by atoms with Gasteiger partial charge < -0.3 is 0 Å². The molecule has 1 rings (SSSR count). The molecule has 0 aliphatic rings. The molecule has 1 aromatic heterocycles. The van der Waals surface area contributed by atoms with Crippen LogP contribution in [0.2, 0.25) is 0 Å². The van der Waals surface area contributed by atoms with Crippen LogP contribution in [0.15, 0.2) is 21.7 Å². The van der Waals surface area contributed by atoms with Crippen LogP contribution >= 0.6 is 11.3 Å². The molecule has 0 aliphatic carbocycles. The van der Waals surface area contributed by atoms with Crippen LogP contribution in [-0.4, -0.2) is 19.5 Å². The summed E-state index contributed by atoms with van der Waals surface area (Å²) in [6.45, 7) is 2.70. The SMILES string of the molecule is CC(=O)C(C)S(=O)(=O)c1cccs1. The number of sulfone groups is 1. The van der Waals surface area contributed by atoms with Crippen molar-refractivity contribution in [2.24, 2.45) is 0 Å². The topological polar surface area (TPSA) is 51.2 Å². The summed E-state index contributed by atoms with van der Waals surface area (Å²) in [5.74, 6) is -0.326. The molecule has 3 nitrogen and oxygen atoms in total. The lowest BCUT2D eigenvalue weighted by Gasteiger charge is -2.06. The highest BCUT2D eigenvalue weighted by Gasteiger charge is 2.27. The van der Waals surface area contributed by atoms with E-state index in [-0.39, 0.29) is 9.99 Å². The Kier molecular flexibility index (Phi) is 2.87. The minimum atomic E-state index is -3.43. The van der Waals surface area contributed by atoms with Crippen molar-refractivity contribution in [2.45, 2.75) is 23.3 Å². The van der Waals surface area contributed by atoms with Gasteiger partial charge >= 0.3 is 0 Å². The van der Waals surface area contributed by atoms with Gasteiger partial charge in [0.05, 0.1) is 0 Å². The van der Waals surface area contributed by atoms with E-state index in [1.54, 1.807) is 11.4 Å². The second-order valence-electron chi connectivity index (χ2n) is 2.73. The Balaban J connectivity index is 3.11. The van der Waals surface area contributed by atoms with Gasteiger partial charge in [-0.05, 0) is 25.3 Å². The van der Waals surface area contributed by atoms with Crippen molar-refractivity contribution in [3.8, 4) is 0 Å². The van der Waals surface area contributed by atoms with Gasteiger partial charge in [0.1, 0.15) is 15.2 Å². The Morgan fingerprint density at radius 1 is 1.54 bits per heavy atom. The first kappa shape index (κ1) is 10.4. The number of Topliss-reactive ketones (excluding diaryl/α,β-unsaturated/α-hetero) is 1. The van der Waals surface area contributed by atoms with Crippen LogP contribution in [0.3, 0.4) is 0 Å². The molecule has 0 radical (unpaired) electrons. The highest BCUT2D eigenvalue weighted by atomic mass is 32.2. The molecule has 0 amide bonds.